The summed E-state index contributed by atoms with van der Waals surface area (Å²) in [5.74, 6) is 0. The molecule has 1 aliphatic heterocycles. The molecule has 1 atom stereocenters. The molecule has 4 nitrogen and oxygen atoms in total. The highest BCUT2D eigenvalue weighted by Gasteiger charge is 2.28. The van der Waals surface area contributed by atoms with Crippen LogP contribution in [0.5, 0.6) is 0 Å². The number of carbonyl (C=O) groups is 1. The minimum Gasteiger partial charge on any atom is -0.332 e. The smallest absolute Gasteiger partial charge is 0.147 e. The van der Waals surface area contributed by atoms with Gasteiger partial charge in [0.15, 0.2) is 0 Å². The minimum atomic E-state index is -0.571. The Morgan fingerprint density at radius 2 is 1.75 bits per heavy atom. The molecule has 0 aliphatic carbocycles. The lowest BCUT2D eigenvalue weighted by molar-refractivity contribution is -0.107. The van der Waals surface area contributed by atoms with E-state index in [1.165, 1.54) is 5.39 Å². The lowest BCUT2D eigenvalue weighted by atomic mass is 9.88. The summed E-state index contributed by atoms with van der Waals surface area (Å²) in [6, 6.07) is 27.4. The fourth-order valence-corrected chi connectivity index (χ4v) is 4.15. The van der Waals surface area contributed by atoms with Crippen LogP contribution in [0.2, 0.25) is 0 Å². The number of benzene rings is 3. The molecule has 0 radical (unpaired) electrons. The zero-order valence-electron chi connectivity index (χ0n) is 17.2. The molecule has 0 saturated heterocycles. The third-order valence-corrected chi connectivity index (χ3v) is 5.72. The van der Waals surface area contributed by atoms with Crippen LogP contribution in [0.25, 0.3) is 21.9 Å². The van der Waals surface area contributed by atoms with Gasteiger partial charge in [-0.3, -0.25) is 4.98 Å². The van der Waals surface area contributed by atoms with Crippen molar-refractivity contribution in [2.24, 2.45) is 0 Å². The van der Waals surface area contributed by atoms with E-state index in [4.69, 9.17) is 0 Å². The van der Waals surface area contributed by atoms with Gasteiger partial charge in [-0.1, -0.05) is 54.6 Å². The highest BCUT2D eigenvalue weighted by molar-refractivity contribution is 6.00. The van der Waals surface area contributed by atoms with Crippen molar-refractivity contribution >= 4 is 33.9 Å². The summed E-state index contributed by atoms with van der Waals surface area (Å²) >= 11 is 0. The van der Waals surface area contributed by atoms with Gasteiger partial charge in [-0.25, -0.2) is 0 Å². The van der Waals surface area contributed by atoms with Gasteiger partial charge in [0, 0.05) is 12.4 Å². The number of carbonyl (C=O) groups excluding carboxylic acids is 1. The molecule has 0 bridgehead atoms. The maximum atomic E-state index is 12.3. The fraction of sp³-hybridized carbons (Fsp3) is 0.0357. The van der Waals surface area contributed by atoms with Crippen LogP contribution in [-0.2, 0) is 4.79 Å². The third-order valence-electron chi connectivity index (χ3n) is 5.72. The summed E-state index contributed by atoms with van der Waals surface area (Å²) in [4.78, 5) is 18.5. The second-order valence-electron chi connectivity index (χ2n) is 7.60. The molecule has 1 aromatic heterocycles. The van der Waals surface area contributed by atoms with E-state index in [0.717, 1.165) is 39.6 Å². The Balaban J connectivity index is 1.72. The van der Waals surface area contributed by atoms with Gasteiger partial charge in [0.1, 0.15) is 12.3 Å². The molecule has 0 fully saturated rings. The molecule has 0 saturated carbocycles. The van der Waals surface area contributed by atoms with Crippen molar-refractivity contribution in [3.8, 4) is 6.07 Å². The number of hydrogen-bond acceptors (Lipinski definition) is 4. The monoisotopic (exact) mass is 413 g/mol. The number of hydrogen-bond donors (Lipinski definition) is 0. The SMILES string of the molecule is N#Cc1ccccc1C1=CC(c2ccc3ccccc3c2)=CN(c2cccnc2)C1C=O. The first-order valence-corrected chi connectivity index (χ1v) is 10.3. The largest absolute Gasteiger partial charge is 0.332 e. The summed E-state index contributed by atoms with van der Waals surface area (Å²) in [7, 11) is 0. The van der Waals surface area contributed by atoms with E-state index in [0.29, 0.717) is 5.56 Å². The number of aromatic nitrogens is 1. The maximum absolute atomic E-state index is 12.3. The number of nitrogens with zero attached hydrogens (tertiary/aromatic N) is 3. The predicted octanol–water partition coefficient (Wildman–Crippen LogP) is 5.62. The van der Waals surface area contributed by atoms with Crippen LogP contribution in [0, 0.1) is 11.3 Å². The Morgan fingerprint density at radius 1 is 0.938 bits per heavy atom. The first kappa shape index (κ1) is 19.5. The summed E-state index contributed by atoms with van der Waals surface area (Å²) in [6.07, 6.45) is 8.37. The number of rotatable bonds is 4. The average molecular weight is 413 g/mol. The molecule has 4 aromatic rings. The Hall–Kier alpha value is -4.49. The Labute approximate surface area is 186 Å². The minimum absolute atomic E-state index is 0.538. The number of anilines is 1. The van der Waals surface area contributed by atoms with Crippen LogP contribution in [-0.4, -0.2) is 17.3 Å². The Morgan fingerprint density at radius 3 is 2.53 bits per heavy atom. The predicted molar refractivity (Wildman–Crippen MR) is 128 cm³/mol. The van der Waals surface area contributed by atoms with Crippen molar-refractivity contribution in [3.05, 3.63) is 120 Å². The van der Waals surface area contributed by atoms with Crippen molar-refractivity contribution in [2.75, 3.05) is 4.90 Å². The zero-order valence-corrected chi connectivity index (χ0v) is 17.2. The first-order chi connectivity index (χ1) is 15.8. The molecule has 2 heterocycles. The molecule has 1 unspecified atom stereocenters. The van der Waals surface area contributed by atoms with Gasteiger partial charge in [0.2, 0.25) is 0 Å². The van der Waals surface area contributed by atoms with E-state index in [9.17, 15) is 10.1 Å². The van der Waals surface area contributed by atoms with Gasteiger partial charge in [-0.05, 0) is 63.4 Å². The van der Waals surface area contributed by atoms with Crippen molar-refractivity contribution < 1.29 is 4.79 Å². The standard InChI is InChI=1S/C28H19N3O/c29-16-23-8-3-4-10-26(23)27-15-24(22-12-11-20-6-1-2-7-21(20)14-22)18-31(28(27)19-32)25-9-5-13-30-17-25/h1-15,17-19,28H. The second kappa shape index (κ2) is 8.33. The van der Waals surface area contributed by atoms with Gasteiger partial charge in [0.05, 0.1) is 23.5 Å². The second-order valence-corrected chi connectivity index (χ2v) is 7.60. The Kier molecular flexibility index (Phi) is 5.07. The number of nitriles is 1. The Bertz CT molecular complexity index is 1410. The number of aldehydes is 1. The number of allylic oxidation sites excluding steroid dienone is 2. The number of pyridine rings is 1. The van der Waals surface area contributed by atoms with Crippen LogP contribution in [0.3, 0.4) is 0 Å². The molecule has 0 spiro atoms. The van der Waals surface area contributed by atoms with Crippen LogP contribution in [0.15, 0.2) is 104 Å². The summed E-state index contributed by atoms with van der Waals surface area (Å²) in [6.45, 7) is 0. The van der Waals surface area contributed by atoms with Crippen molar-refractivity contribution in [1.29, 1.82) is 5.26 Å². The van der Waals surface area contributed by atoms with Gasteiger partial charge in [0.25, 0.3) is 0 Å². The van der Waals surface area contributed by atoms with Crippen molar-refractivity contribution in [2.45, 2.75) is 6.04 Å². The van der Waals surface area contributed by atoms with Gasteiger partial charge in [-0.2, -0.15) is 5.26 Å². The van der Waals surface area contributed by atoms with E-state index >= 15 is 0 Å². The lowest BCUT2D eigenvalue weighted by Gasteiger charge is -2.33. The summed E-state index contributed by atoms with van der Waals surface area (Å²) in [5.41, 5.74) is 4.88. The first-order valence-electron chi connectivity index (χ1n) is 10.3. The van der Waals surface area contributed by atoms with E-state index in [-0.39, 0.29) is 0 Å². The maximum Gasteiger partial charge on any atom is 0.147 e. The van der Waals surface area contributed by atoms with Gasteiger partial charge < -0.3 is 9.69 Å². The molecule has 4 heteroatoms. The lowest BCUT2D eigenvalue weighted by Crippen LogP contribution is -2.35. The van der Waals surface area contributed by atoms with Gasteiger partial charge in [-0.15, -0.1) is 0 Å². The molecule has 32 heavy (non-hydrogen) atoms. The van der Waals surface area contributed by atoms with Crippen molar-refractivity contribution in [3.63, 3.8) is 0 Å². The number of fused-ring (bicyclic) bond motifs is 1. The van der Waals surface area contributed by atoms with E-state index in [1.807, 2.05) is 59.6 Å². The highest BCUT2D eigenvalue weighted by atomic mass is 16.1. The molecular formula is C28H19N3O. The molecule has 152 valence electrons. The van der Waals surface area contributed by atoms with Crippen LogP contribution in [0.1, 0.15) is 16.7 Å². The van der Waals surface area contributed by atoms with Crippen LogP contribution >= 0.6 is 0 Å². The topological polar surface area (TPSA) is 57.0 Å². The molecule has 5 rings (SSSR count). The van der Waals surface area contributed by atoms with Crippen LogP contribution in [0.4, 0.5) is 5.69 Å². The highest BCUT2D eigenvalue weighted by Crippen LogP contribution is 2.36. The van der Waals surface area contributed by atoms with Gasteiger partial charge >= 0.3 is 0 Å². The molecule has 0 N–H and O–H groups in total. The van der Waals surface area contributed by atoms with E-state index in [2.05, 4.69) is 41.4 Å². The average Bonchev–Trinajstić information content (AvgIpc) is 2.88. The summed E-state index contributed by atoms with van der Waals surface area (Å²) in [5, 5.41) is 12.0. The molecular weight excluding hydrogens is 394 g/mol. The fourth-order valence-electron chi connectivity index (χ4n) is 4.15. The van der Waals surface area contributed by atoms with Crippen molar-refractivity contribution in [1.82, 2.24) is 4.98 Å². The van der Waals surface area contributed by atoms with Crippen LogP contribution < -0.4 is 4.90 Å². The molecule has 3 aromatic carbocycles. The van der Waals surface area contributed by atoms with E-state index < -0.39 is 6.04 Å². The third kappa shape index (κ3) is 3.46. The quantitative estimate of drug-likeness (QED) is 0.408. The normalized spacial score (nSPS) is 15.6. The molecule has 0 amide bonds. The van der Waals surface area contributed by atoms with E-state index in [1.54, 1.807) is 18.5 Å². The molecule has 1 aliphatic rings. The summed E-state index contributed by atoms with van der Waals surface area (Å²) < 4.78 is 0. The zero-order chi connectivity index (χ0) is 21.9.